The lowest BCUT2D eigenvalue weighted by Crippen LogP contribution is -2.18. The van der Waals surface area contributed by atoms with Crippen LogP contribution in [0.5, 0.6) is 0 Å². The van der Waals surface area contributed by atoms with Gasteiger partial charge < -0.3 is 16.0 Å². The van der Waals surface area contributed by atoms with Crippen LogP contribution in [0, 0.1) is 6.92 Å². The number of aryl methyl sites for hydroxylation is 1. The van der Waals surface area contributed by atoms with Crippen LogP contribution in [0.4, 0.5) is 42.1 Å². The van der Waals surface area contributed by atoms with E-state index in [1.54, 1.807) is 25.1 Å². The summed E-state index contributed by atoms with van der Waals surface area (Å²) in [5.74, 6) is -0.863. The van der Waals surface area contributed by atoms with Crippen molar-refractivity contribution in [2.45, 2.75) is 33.0 Å². The number of hydrogen-bond donors (Lipinski definition) is 4. The van der Waals surface area contributed by atoms with Crippen molar-refractivity contribution in [3.63, 3.8) is 0 Å². The summed E-state index contributed by atoms with van der Waals surface area (Å²) < 4.78 is 66.8. The fraction of sp³-hybridized carbons (Fsp3) is 0.286. The second-order valence-electron chi connectivity index (χ2n) is 7.85. The molecule has 0 saturated heterocycles. The van der Waals surface area contributed by atoms with Crippen LogP contribution >= 0.6 is 0 Å². The Bertz CT molecular complexity index is 1430. The largest absolute Gasteiger partial charge is 0.421 e. The minimum absolute atomic E-state index is 0.0364. The van der Waals surface area contributed by atoms with Crippen LogP contribution in [0.15, 0.2) is 30.6 Å². The molecule has 0 radical (unpaired) electrons. The molecule has 11 nitrogen and oxygen atoms in total. The summed E-state index contributed by atoms with van der Waals surface area (Å²) in [4.78, 5) is 27.4. The molecule has 0 unspecified atom stereocenters. The molecule has 15 heteroatoms. The first-order chi connectivity index (χ1) is 16.9. The highest BCUT2D eigenvalue weighted by Crippen LogP contribution is 2.34. The van der Waals surface area contributed by atoms with Crippen molar-refractivity contribution in [1.82, 2.24) is 19.9 Å². The van der Waals surface area contributed by atoms with E-state index in [9.17, 15) is 26.4 Å². The minimum atomic E-state index is -4.74. The summed E-state index contributed by atoms with van der Waals surface area (Å²) in [6, 6.07) is 4.99. The Morgan fingerprint density at radius 1 is 1.11 bits per heavy atom. The van der Waals surface area contributed by atoms with Gasteiger partial charge in [-0.15, -0.1) is 0 Å². The molecule has 4 N–H and O–H groups in total. The average Bonchev–Trinajstić information content (AvgIpc) is 3.18. The third kappa shape index (κ3) is 5.79. The number of alkyl halides is 3. The minimum Gasteiger partial charge on any atom is -0.362 e. The van der Waals surface area contributed by atoms with E-state index in [1.807, 2.05) is 0 Å². The van der Waals surface area contributed by atoms with Gasteiger partial charge in [0.2, 0.25) is 21.9 Å². The van der Waals surface area contributed by atoms with Gasteiger partial charge in [0.25, 0.3) is 0 Å². The zero-order chi connectivity index (χ0) is 26.1. The van der Waals surface area contributed by atoms with Crippen molar-refractivity contribution in [3.05, 3.63) is 53.1 Å². The third-order valence-corrected chi connectivity index (χ3v) is 6.41. The second kappa shape index (κ2) is 9.56. The zero-order valence-electron chi connectivity index (χ0n) is 19.1. The maximum atomic E-state index is 13.6. The third-order valence-electron chi connectivity index (χ3n) is 5.15. The molecular formula is C21H21F3N8O3S. The number of halogens is 3. The number of sulfonamides is 1. The van der Waals surface area contributed by atoms with Crippen molar-refractivity contribution in [2.24, 2.45) is 0 Å². The summed E-state index contributed by atoms with van der Waals surface area (Å²) in [7, 11) is -3.61. The van der Waals surface area contributed by atoms with E-state index in [-0.39, 0.29) is 42.2 Å². The highest BCUT2D eigenvalue weighted by molar-refractivity contribution is 7.92. The predicted molar refractivity (Wildman–Crippen MR) is 126 cm³/mol. The Balaban J connectivity index is 1.56. The summed E-state index contributed by atoms with van der Waals surface area (Å²) in [6.45, 7) is 2.78. The molecular weight excluding hydrogens is 501 g/mol. The lowest BCUT2D eigenvalue weighted by molar-refractivity contribution is -0.137. The van der Waals surface area contributed by atoms with E-state index in [1.165, 1.54) is 13.1 Å². The molecule has 3 aromatic rings. The van der Waals surface area contributed by atoms with E-state index < -0.39 is 27.6 Å². The van der Waals surface area contributed by atoms with Crippen molar-refractivity contribution in [3.8, 4) is 0 Å². The van der Waals surface area contributed by atoms with Crippen LogP contribution in [-0.4, -0.2) is 40.0 Å². The van der Waals surface area contributed by atoms with Gasteiger partial charge in [0.05, 0.1) is 18.7 Å². The topological polar surface area (TPSA) is 151 Å². The molecule has 0 bridgehead atoms. The van der Waals surface area contributed by atoms with Crippen LogP contribution in [0.1, 0.15) is 29.4 Å². The van der Waals surface area contributed by atoms with E-state index in [2.05, 4.69) is 40.6 Å². The van der Waals surface area contributed by atoms with Gasteiger partial charge in [0, 0.05) is 29.3 Å². The van der Waals surface area contributed by atoms with Gasteiger partial charge in [-0.1, -0.05) is 0 Å². The van der Waals surface area contributed by atoms with Crippen LogP contribution in [0.25, 0.3) is 0 Å². The Morgan fingerprint density at radius 3 is 2.61 bits per heavy atom. The number of carbonyl (C=O) groups excluding carboxylic acids is 1. The van der Waals surface area contributed by atoms with Gasteiger partial charge in [-0.05, 0) is 37.6 Å². The molecule has 0 fully saturated rings. The predicted octanol–water partition coefficient (Wildman–Crippen LogP) is 3.21. The van der Waals surface area contributed by atoms with Crippen molar-refractivity contribution < 1.29 is 26.4 Å². The molecule has 1 aliphatic rings. The zero-order valence-corrected chi connectivity index (χ0v) is 19.9. The highest BCUT2D eigenvalue weighted by Gasteiger charge is 2.35. The van der Waals surface area contributed by atoms with Gasteiger partial charge in [0.15, 0.2) is 0 Å². The first-order valence-electron chi connectivity index (χ1n) is 10.6. The Kier molecular flexibility index (Phi) is 6.67. The first kappa shape index (κ1) is 25.1. The summed E-state index contributed by atoms with van der Waals surface area (Å²) in [6.07, 6.45) is -2.54. The van der Waals surface area contributed by atoms with Gasteiger partial charge in [-0.3, -0.25) is 9.52 Å². The number of aromatic nitrogens is 4. The summed E-state index contributed by atoms with van der Waals surface area (Å²) >= 11 is 0. The monoisotopic (exact) mass is 522 g/mol. The number of rotatable bonds is 8. The van der Waals surface area contributed by atoms with E-state index in [0.29, 0.717) is 23.1 Å². The van der Waals surface area contributed by atoms with E-state index in [4.69, 9.17) is 0 Å². The second-order valence-corrected chi connectivity index (χ2v) is 9.86. The van der Waals surface area contributed by atoms with Gasteiger partial charge in [-0.25, -0.2) is 23.4 Å². The number of nitrogens with one attached hydrogen (secondary N) is 4. The Labute approximate surface area is 204 Å². The number of nitrogens with zero attached hydrogens (tertiary/aromatic N) is 4. The molecule has 0 saturated carbocycles. The van der Waals surface area contributed by atoms with Crippen LogP contribution in [-0.2, 0) is 34.0 Å². The van der Waals surface area contributed by atoms with Gasteiger partial charge >= 0.3 is 6.18 Å². The molecule has 1 aliphatic heterocycles. The number of fused-ring (bicyclic) bond motifs is 1. The van der Waals surface area contributed by atoms with Crippen molar-refractivity contribution >= 4 is 44.9 Å². The maximum Gasteiger partial charge on any atom is 0.421 e. The smallest absolute Gasteiger partial charge is 0.362 e. The van der Waals surface area contributed by atoms with Crippen LogP contribution in [0.3, 0.4) is 0 Å². The molecule has 4 rings (SSSR count). The van der Waals surface area contributed by atoms with Crippen LogP contribution in [0.2, 0.25) is 0 Å². The molecule has 36 heavy (non-hydrogen) atoms. The molecule has 3 heterocycles. The standard InChI is InChI=1S/C21H21F3N8O3S/c1-3-36(34,35)32-18-11(2)8-25-16(30-18)10-26-19-14(21(22,23)24)9-27-20(31-19)28-13-4-5-15-12(6-13)7-17(33)29-15/h4-6,8-9H,3,7,10H2,1-2H3,(H,29,33)(H,25,30,32)(H2,26,27,28,31). The first-order valence-corrected chi connectivity index (χ1v) is 12.3. The molecule has 1 amide bonds. The van der Waals surface area contributed by atoms with E-state index in [0.717, 1.165) is 5.56 Å². The highest BCUT2D eigenvalue weighted by atomic mass is 32.2. The molecule has 1 aromatic carbocycles. The van der Waals surface area contributed by atoms with Crippen molar-refractivity contribution in [2.75, 3.05) is 26.4 Å². The normalized spacial score (nSPS) is 13.2. The fourth-order valence-corrected chi connectivity index (χ4v) is 3.92. The van der Waals surface area contributed by atoms with Crippen molar-refractivity contribution in [1.29, 1.82) is 0 Å². The van der Waals surface area contributed by atoms with Crippen LogP contribution < -0.4 is 20.7 Å². The molecule has 0 aliphatic carbocycles. The number of benzene rings is 1. The Hall–Kier alpha value is -4.01. The number of amides is 1. The molecule has 190 valence electrons. The molecule has 0 atom stereocenters. The number of carbonyl (C=O) groups is 1. The number of hydrogen-bond acceptors (Lipinski definition) is 9. The number of anilines is 5. The quantitative estimate of drug-likeness (QED) is 0.350. The Morgan fingerprint density at radius 2 is 1.89 bits per heavy atom. The van der Waals surface area contributed by atoms with E-state index >= 15 is 0 Å². The SMILES string of the molecule is CCS(=O)(=O)Nc1nc(CNc2nc(Nc3ccc4c(c3)CC(=O)N4)ncc2C(F)(F)F)ncc1C. The maximum absolute atomic E-state index is 13.6. The summed E-state index contributed by atoms with van der Waals surface area (Å²) in [5.41, 5.74) is 1.24. The average molecular weight is 523 g/mol. The lowest BCUT2D eigenvalue weighted by atomic mass is 10.1. The lowest BCUT2D eigenvalue weighted by Gasteiger charge is -2.15. The van der Waals surface area contributed by atoms with Gasteiger partial charge in [0.1, 0.15) is 23.0 Å². The fourth-order valence-electron chi connectivity index (χ4n) is 3.27. The van der Waals surface area contributed by atoms with Gasteiger partial charge in [-0.2, -0.15) is 18.2 Å². The molecule has 0 spiro atoms. The molecule has 2 aromatic heterocycles. The summed E-state index contributed by atoms with van der Waals surface area (Å²) in [5, 5.41) is 8.10.